The van der Waals surface area contributed by atoms with Crippen molar-refractivity contribution in [1.29, 1.82) is 5.41 Å². The van der Waals surface area contributed by atoms with Gasteiger partial charge < -0.3 is 29.6 Å². The Balaban J connectivity index is 0.894. The predicted octanol–water partition coefficient (Wildman–Crippen LogP) is 2.80. The molecule has 0 spiro atoms. The Morgan fingerprint density at radius 2 is 1.67 bits per heavy atom. The highest BCUT2D eigenvalue weighted by molar-refractivity contribution is 6.30. The second-order valence-electron chi connectivity index (χ2n) is 13.8. The number of nitrogens with zero attached hydrogens (tertiary/aromatic N) is 4. The lowest BCUT2D eigenvalue weighted by Gasteiger charge is -2.27. The zero-order valence-electron chi connectivity index (χ0n) is 33.5. The standard InChI is InChI=1S/C42H43ClN8O10/c1-24(21-34-49-48-25(2)50(34)31-12-11-28(58-3)22-30(31)38(44)26-7-9-27(43)10-8-26)39(54)46-16-18-60-20-19-59-17-15-45-36(53)23-61-33-6-4-5-29-37(33)42(57)51(41(29)56)32-13-14-35(52)47-40(32)55/h4-12,21-22,32,44H,13-20,23H2,1-3H3,(H,45,53)(H,46,54)(H,47,52,55)/b24-21+,44-38?. The highest BCUT2D eigenvalue weighted by atomic mass is 35.5. The summed E-state index contributed by atoms with van der Waals surface area (Å²) in [6.07, 6.45) is 1.63. The van der Waals surface area contributed by atoms with Crippen LogP contribution in [0.25, 0.3) is 11.8 Å². The van der Waals surface area contributed by atoms with Crippen molar-refractivity contribution in [3.63, 3.8) is 0 Å². The summed E-state index contributed by atoms with van der Waals surface area (Å²) in [6, 6.07) is 15.6. The van der Waals surface area contributed by atoms with E-state index < -0.39 is 42.2 Å². The lowest BCUT2D eigenvalue weighted by atomic mass is 10.00. The average Bonchev–Trinajstić information content (AvgIpc) is 3.74. The maximum atomic E-state index is 13.2. The molecule has 6 rings (SSSR count). The SMILES string of the molecule is COc1ccc(-n2c(C)nnc2/C=C(\C)C(=O)NCCOCCOCCNC(=O)COc2cccc3c2C(=O)N(C2CCC(=O)NC2=O)C3=O)c(C(=N)c2ccc(Cl)cc2)c1. The van der Waals surface area contributed by atoms with Crippen LogP contribution >= 0.6 is 11.6 Å². The van der Waals surface area contributed by atoms with Crippen molar-refractivity contribution >= 4 is 58.8 Å². The molecule has 61 heavy (non-hydrogen) atoms. The smallest absolute Gasteiger partial charge is 0.266 e. The van der Waals surface area contributed by atoms with E-state index in [0.717, 1.165) is 4.90 Å². The molecule has 1 unspecified atom stereocenters. The summed E-state index contributed by atoms with van der Waals surface area (Å²) in [5.41, 5.74) is 2.44. The minimum atomic E-state index is -1.12. The Morgan fingerprint density at radius 3 is 2.38 bits per heavy atom. The van der Waals surface area contributed by atoms with Crippen LogP contribution in [-0.2, 0) is 28.7 Å². The molecule has 3 aromatic carbocycles. The third-order valence-electron chi connectivity index (χ3n) is 9.66. The number of aromatic nitrogens is 3. The number of methoxy groups -OCH3 is 1. The van der Waals surface area contributed by atoms with E-state index in [0.29, 0.717) is 44.8 Å². The van der Waals surface area contributed by atoms with Gasteiger partial charge in [-0.2, -0.15) is 0 Å². The van der Waals surface area contributed by atoms with Gasteiger partial charge in [-0.15, -0.1) is 10.2 Å². The molecule has 3 heterocycles. The predicted molar refractivity (Wildman–Crippen MR) is 220 cm³/mol. The summed E-state index contributed by atoms with van der Waals surface area (Å²) in [6.45, 7) is 4.24. The average molecular weight is 855 g/mol. The van der Waals surface area contributed by atoms with Gasteiger partial charge in [0.15, 0.2) is 12.4 Å². The van der Waals surface area contributed by atoms with Crippen molar-refractivity contribution in [3.8, 4) is 17.2 Å². The Bertz CT molecular complexity index is 2400. The molecule has 18 nitrogen and oxygen atoms in total. The molecule has 1 atom stereocenters. The second-order valence-corrected chi connectivity index (χ2v) is 14.2. The van der Waals surface area contributed by atoms with Gasteiger partial charge in [0.05, 0.1) is 56.1 Å². The van der Waals surface area contributed by atoms with Crippen molar-refractivity contribution in [2.45, 2.75) is 32.7 Å². The summed E-state index contributed by atoms with van der Waals surface area (Å²) >= 11 is 6.08. The van der Waals surface area contributed by atoms with E-state index in [-0.39, 0.29) is 80.9 Å². The molecule has 2 aliphatic heterocycles. The first-order chi connectivity index (χ1) is 29.4. The number of benzene rings is 3. The molecule has 0 saturated carbocycles. The molecule has 4 N–H and O–H groups in total. The van der Waals surface area contributed by atoms with E-state index in [1.54, 1.807) is 68.0 Å². The third-order valence-corrected chi connectivity index (χ3v) is 9.91. The van der Waals surface area contributed by atoms with Gasteiger partial charge in [0.2, 0.25) is 17.7 Å². The van der Waals surface area contributed by atoms with Gasteiger partial charge in [-0.1, -0.05) is 29.8 Å². The van der Waals surface area contributed by atoms with Gasteiger partial charge in [-0.05, 0) is 68.8 Å². The Kier molecular flexibility index (Phi) is 14.4. The van der Waals surface area contributed by atoms with Crippen molar-refractivity contribution < 1.29 is 47.7 Å². The lowest BCUT2D eigenvalue weighted by Crippen LogP contribution is -2.54. The van der Waals surface area contributed by atoms with Gasteiger partial charge in [-0.25, -0.2) is 0 Å². The van der Waals surface area contributed by atoms with Gasteiger partial charge >= 0.3 is 0 Å². The van der Waals surface area contributed by atoms with E-state index in [2.05, 4.69) is 26.1 Å². The van der Waals surface area contributed by atoms with Crippen LogP contribution in [0.2, 0.25) is 5.02 Å². The molecule has 2 aliphatic rings. The zero-order valence-corrected chi connectivity index (χ0v) is 34.3. The van der Waals surface area contributed by atoms with Gasteiger partial charge in [0.25, 0.3) is 17.7 Å². The molecule has 0 aliphatic carbocycles. The van der Waals surface area contributed by atoms with Crippen molar-refractivity contribution in [2.75, 3.05) is 53.2 Å². The van der Waals surface area contributed by atoms with E-state index in [9.17, 15) is 28.8 Å². The summed E-state index contributed by atoms with van der Waals surface area (Å²) in [7, 11) is 1.55. The molecule has 1 saturated heterocycles. The number of ether oxygens (including phenoxy) is 4. The number of halogens is 1. The molecule has 4 aromatic rings. The molecule has 19 heteroatoms. The fourth-order valence-electron chi connectivity index (χ4n) is 6.60. The van der Waals surface area contributed by atoms with Crippen LogP contribution in [0.15, 0.2) is 66.2 Å². The van der Waals surface area contributed by atoms with Crippen molar-refractivity contribution in [2.24, 2.45) is 0 Å². The number of amides is 6. The summed E-state index contributed by atoms with van der Waals surface area (Å²) in [5, 5.41) is 25.7. The van der Waals surface area contributed by atoms with E-state index in [1.807, 2.05) is 6.07 Å². The normalized spacial score (nSPS) is 15.0. The third kappa shape index (κ3) is 10.3. The number of carbonyl (C=O) groups is 6. The Hall–Kier alpha value is -6.76. The largest absolute Gasteiger partial charge is 0.497 e. The van der Waals surface area contributed by atoms with Gasteiger partial charge in [0, 0.05) is 41.2 Å². The number of aryl methyl sites for hydroxylation is 1. The van der Waals surface area contributed by atoms with E-state index >= 15 is 0 Å². The highest BCUT2D eigenvalue weighted by Gasteiger charge is 2.46. The van der Waals surface area contributed by atoms with Crippen LogP contribution in [0.4, 0.5) is 0 Å². The molecule has 6 amide bonds. The monoisotopic (exact) mass is 854 g/mol. The second kappa shape index (κ2) is 20.0. The summed E-state index contributed by atoms with van der Waals surface area (Å²) in [5.74, 6) is -1.91. The number of piperidine rings is 1. The fourth-order valence-corrected chi connectivity index (χ4v) is 6.72. The Labute approximate surface area is 355 Å². The quantitative estimate of drug-likeness (QED) is 0.0462. The lowest BCUT2D eigenvalue weighted by molar-refractivity contribution is -0.136. The van der Waals surface area contributed by atoms with Crippen LogP contribution in [0.5, 0.6) is 11.5 Å². The van der Waals surface area contributed by atoms with Crippen LogP contribution in [-0.4, -0.2) is 120 Å². The maximum absolute atomic E-state index is 13.2. The number of hydrogen-bond acceptors (Lipinski definition) is 13. The number of fused-ring (bicyclic) bond motifs is 1. The molecule has 1 aromatic heterocycles. The molecule has 0 bridgehead atoms. The minimum Gasteiger partial charge on any atom is -0.497 e. The van der Waals surface area contributed by atoms with Crippen LogP contribution in [0.3, 0.4) is 0 Å². The van der Waals surface area contributed by atoms with E-state index in [4.69, 9.17) is 36.0 Å². The zero-order chi connectivity index (χ0) is 43.6. The number of hydrogen-bond donors (Lipinski definition) is 4. The van der Waals surface area contributed by atoms with Crippen LogP contribution in [0, 0.1) is 12.3 Å². The maximum Gasteiger partial charge on any atom is 0.266 e. The Morgan fingerprint density at radius 1 is 0.951 bits per heavy atom. The first kappa shape index (κ1) is 43.8. The topological polar surface area (TPSA) is 233 Å². The first-order valence-electron chi connectivity index (χ1n) is 19.2. The summed E-state index contributed by atoms with van der Waals surface area (Å²) in [4.78, 5) is 76.3. The molecular weight excluding hydrogens is 812 g/mol. The van der Waals surface area contributed by atoms with Crippen molar-refractivity contribution in [3.05, 3.63) is 105 Å². The summed E-state index contributed by atoms with van der Waals surface area (Å²) < 4.78 is 23.9. The van der Waals surface area contributed by atoms with Crippen LogP contribution in [0.1, 0.15) is 63.3 Å². The molecular formula is C42H43ClN8O10. The first-order valence-corrected chi connectivity index (χ1v) is 19.6. The van der Waals surface area contributed by atoms with Crippen LogP contribution < -0.4 is 25.4 Å². The molecule has 1 fully saturated rings. The highest BCUT2D eigenvalue weighted by Crippen LogP contribution is 2.34. The number of nitrogens with one attached hydrogen (secondary N) is 4. The van der Waals surface area contributed by atoms with Gasteiger partial charge in [0.1, 0.15) is 23.4 Å². The van der Waals surface area contributed by atoms with Gasteiger partial charge in [-0.3, -0.25) is 49.0 Å². The van der Waals surface area contributed by atoms with E-state index in [1.165, 1.54) is 18.2 Å². The number of imide groups is 2. The number of rotatable bonds is 19. The molecule has 0 radical (unpaired) electrons. The fraction of sp³-hybridized carbons (Fsp3) is 0.310. The minimum absolute atomic E-state index is 0.00595. The number of carbonyl (C=O) groups excluding carboxylic acids is 6. The molecule has 318 valence electrons. The van der Waals surface area contributed by atoms with Crippen molar-refractivity contribution in [1.82, 2.24) is 35.6 Å².